The Morgan fingerprint density at radius 3 is 2.31 bits per heavy atom. The van der Waals surface area contributed by atoms with Crippen LogP contribution < -0.4 is 5.32 Å². The largest absolute Gasteiger partial charge is 0.379 e. The molecule has 0 saturated carbocycles. The van der Waals surface area contributed by atoms with Crippen molar-refractivity contribution < 1.29 is 54.8 Å². The summed E-state index contributed by atoms with van der Waals surface area (Å²) in [5.41, 5.74) is -0.167. The fourth-order valence-corrected chi connectivity index (χ4v) is 4.42. The van der Waals surface area contributed by atoms with Crippen LogP contribution in [-0.4, -0.2) is 63.5 Å². The van der Waals surface area contributed by atoms with Gasteiger partial charge in [-0.1, -0.05) is 5.04 Å². The highest BCUT2D eigenvalue weighted by Gasteiger charge is 2.24. The van der Waals surface area contributed by atoms with Gasteiger partial charge in [-0.15, -0.1) is 4.33 Å². The first kappa shape index (κ1) is 26.4. The summed E-state index contributed by atoms with van der Waals surface area (Å²) >= 11 is 0.435. The molecule has 4 N–H and O–H groups in total. The third-order valence-electron chi connectivity index (χ3n) is 3.78. The number of ether oxygens (including phenoxy) is 2. The average Bonchev–Trinajstić information content (AvgIpc) is 2.69. The van der Waals surface area contributed by atoms with Gasteiger partial charge in [0.1, 0.15) is 11.5 Å². The Kier molecular flexibility index (Phi) is 9.34. The van der Waals surface area contributed by atoms with Crippen LogP contribution in [0.3, 0.4) is 0 Å². The SMILES string of the molecule is CCOCCOCC(=O)Nc1cc(SOOO)cc2cc(S(=O)(=O)O)cc(S(=O)(=O)O)c12. The molecule has 32 heavy (non-hydrogen) atoms. The molecule has 0 heterocycles. The molecule has 0 spiro atoms. The maximum Gasteiger partial charge on any atom is 0.295 e. The monoisotopic (exact) mass is 513 g/mol. The maximum absolute atomic E-state index is 12.3. The molecule has 0 aliphatic rings. The van der Waals surface area contributed by atoms with Crippen molar-refractivity contribution in [1.29, 1.82) is 0 Å². The molecule has 0 bridgehead atoms. The molecule has 0 aliphatic carbocycles. The van der Waals surface area contributed by atoms with Gasteiger partial charge in [-0.05, 0) is 36.6 Å². The van der Waals surface area contributed by atoms with E-state index in [9.17, 15) is 30.7 Å². The molecule has 2 aromatic rings. The molecule has 0 fully saturated rings. The zero-order chi connectivity index (χ0) is 23.9. The third kappa shape index (κ3) is 7.34. The summed E-state index contributed by atoms with van der Waals surface area (Å²) in [6.07, 6.45) is 0. The van der Waals surface area contributed by atoms with Crippen molar-refractivity contribution in [2.75, 3.05) is 31.7 Å². The summed E-state index contributed by atoms with van der Waals surface area (Å²) in [5, 5.41) is 13.9. The molecule has 2 rings (SSSR count). The van der Waals surface area contributed by atoms with E-state index in [1.54, 1.807) is 6.92 Å². The number of benzene rings is 2. The Hall–Kier alpha value is -1.86. The minimum Gasteiger partial charge on any atom is -0.379 e. The van der Waals surface area contributed by atoms with Crippen LogP contribution in [0.25, 0.3) is 10.8 Å². The molecule has 178 valence electrons. The highest BCUT2D eigenvalue weighted by molar-refractivity contribution is 7.94. The van der Waals surface area contributed by atoms with Crippen LogP contribution in [0.5, 0.6) is 0 Å². The molecule has 2 aromatic carbocycles. The summed E-state index contributed by atoms with van der Waals surface area (Å²) in [7, 11) is -9.86. The standard InChI is InChI=1S/C16H19NO12S3/c1-2-26-3-4-27-9-15(18)17-13-7-11(30-29-28-19)5-10-6-12(31(20,21)22)8-14(16(10)13)32(23,24)25/h5-8,19H,2-4,9H2,1H3,(H,17,18)(H,20,21,22)(H,23,24,25). The summed E-state index contributed by atoms with van der Waals surface area (Å²) in [4.78, 5) is 10.7. The second-order valence-electron chi connectivity index (χ2n) is 5.96. The van der Waals surface area contributed by atoms with Gasteiger partial charge in [0.2, 0.25) is 5.91 Å². The number of carbonyl (C=O) groups excluding carboxylic acids is 1. The van der Waals surface area contributed by atoms with E-state index in [0.29, 0.717) is 24.7 Å². The molecule has 0 unspecified atom stereocenters. The molecule has 0 aromatic heterocycles. The predicted molar refractivity (Wildman–Crippen MR) is 110 cm³/mol. The number of hydrogen-bond acceptors (Lipinski definition) is 11. The summed E-state index contributed by atoms with van der Waals surface area (Å²) in [5.74, 6) is -0.704. The second-order valence-corrected chi connectivity index (χ2v) is 9.55. The van der Waals surface area contributed by atoms with Crippen LogP contribution in [-0.2, 0) is 43.9 Å². The minimum absolute atomic E-state index is 0.118. The number of anilines is 1. The number of amides is 1. The van der Waals surface area contributed by atoms with Crippen LogP contribution in [0.1, 0.15) is 6.92 Å². The van der Waals surface area contributed by atoms with Crippen LogP contribution in [0.15, 0.2) is 39.0 Å². The highest BCUT2D eigenvalue weighted by atomic mass is 32.2. The second kappa shape index (κ2) is 11.3. The molecule has 0 saturated heterocycles. The fourth-order valence-electron chi connectivity index (χ4n) is 2.59. The Morgan fingerprint density at radius 1 is 1.03 bits per heavy atom. The Labute approximate surface area is 187 Å². The quantitative estimate of drug-likeness (QED) is 0.105. The average molecular weight is 514 g/mol. The molecule has 16 heteroatoms. The van der Waals surface area contributed by atoms with Gasteiger partial charge in [0.05, 0.1) is 35.8 Å². The van der Waals surface area contributed by atoms with E-state index in [1.165, 1.54) is 12.1 Å². The van der Waals surface area contributed by atoms with Gasteiger partial charge >= 0.3 is 0 Å². The van der Waals surface area contributed by atoms with E-state index < -0.39 is 42.5 Å². The highest BCUT2D eigenvalue weighted by Crippen LogP contribution is 2.37. The number of nitrogens with one attached hydrogen (secondary N) is 1. The van der Waals surface area contributed by atoms with E-state index in [0.717, 1.165) is 6.07 Å². The lowest BCUT2D eigenvalue weighted by atomic mass is 10.1. The van der Waals surface area contributed by atoms with Gasteiger partial charge < -0.3 is 14.8 Å². The Morgan fingerprint density at radius 2 is 1.72 bits per heavy atom. The lowest BCUT2D eigenvalue weighted by Crippen LogP contribution is -2.20. The zero-order valence-corrected chi connectivity index (χ0v) is 18.8. The van der Waals surface area contributed by atoms with E-state index in [-0.39, 0.29) is 34.6 Å². The van der Waals surface area contributed by atoms with E-state index >= 15 is 0 Å². The van der Waals surface area contributed by atoms with Gasteiger partial charge in [0.25, 0.3) is 20.2 Å². The van der Waals surface area contributed by atoms with E-state index in [2.05, 4.69) is 14.7 Å². The first-order chi connectivity index (χ1) is 15.0. The number of rotatable bonds is 12. The Bertz CT molecular complexity index is 1180. The molecule has 0 atom stereocenters. The molecule has 1 amide bonds. The first-order valence-electron chi connectivity index (χ1n) is 8.64. The van der Waals surface area contributed by atoms with Crippen molar-refractivity contribution >= 4 is 54.6 Å². The van der Waals surface area contributed by atoms with E-state index in [4.69, 9.17) is 14.7 Å². The summed E-state index contributed by atoms with van der Waals surface area (Å²) in [6.45, 7) is 2.20. The van der Waals surface area contributed by atoms with Crippen molar-refractivity contribution in [2.24, 2.45) is 0 Å². The van der Waals surface area contributed by atoms with Gasteiger partial charge in [0.15, 0.2) is 0 Å². The van der Waals surface area contributed by atoms with E-state index in [1.807, 2.05) is 0 Å². The number of fused-ring (bicyclic) bond motifs is 1. The molecule has 0 aliphatic heterocycles. The maximum atomic E-state index is 12.3. The van der Waals surface area contributed by atoms with Crippen LogP contribution in [0, 0.1) is 0 Å². The van der Waals surface area contributed by atoms with Crippen molar-refractivity contribution in [1.82, 2.24) is 0 Å². The van der Waals surface area contributed by atoms with Crippen LogP contribution in [0.2, 0.25) is 0 Å². The normalized spacial score (nSPS) is 12.2. The van der Waals surface area contributed by atoms with Crippen molar-refractivity contribution in [2.45, 2.75) is 21.6 Å². The summed E-state index contributed by atoms with van der Waals surface area (Å²) < 4.78 is 80.5. The smallest absolute Gasteiger partial charge is 0.295 e. The predicted octanol–water partition coefficient (Wildman–Crippen LogP) is 1.75. The fraction of sp³-hybridized carbons (Fsp3) is 0.312. The minimum atomic E-state index is -5.00. The topological polar surface area (TPSA) is 195 Å². The third-order valence-corrected chi connectivity index (χ3v) is 6.05. The van der Waals surface area contributed by atoms with Gasteiger partial charge in [-0.2, -0.15) is 16.8 Å². The van der Waals surface area contributed by atoms with Crippen molar-refractivity contribution in [3.05, 3.63) is 24.3 Å². The van der Waals surface area contributed by atoms with Crippen molar-refractivity contribution in [3.63, 3.8) is 0 Å². The molecular formula is C16H19NO12S3. The van der Waals surface area contributed by atoms with Crippen LogP contribution in [0.4, 0.5) is 5.69 Å². The Balaban J connectivity index is 2.57. The first-order valence-corrected chi connectivity index (χ1v) is 12.3. The van der Waals surface area contributed by atoms with Gasteiger partial charge in [-0.25, -0.2) is 5.26 Å². The lowest BCUT2D eigenvalue weighted by molar-refractivity contribution is -0.432. The molecule has 13 nitrogen and oxygen atoms in total. The van der Waals surface area contributed by atoms with Crippen molar-refractivity contribution in [3.8, 4) is 0 Å². The van der Waals surface area contributed by atoms with Gasteiger partial charge in [0, 0.05) is 16.9 Å². The number of hydrogen-bond donors (Lipinski definition) is 4. The summed E-state index contributed by atoms with van der Waals surface area (Å²) in [6, 6.07) is 3.88. The zero-order valence-electron chi connectivity index (χ0n) is 16.4. The molecule has 0 radical (unpaired) electrons. The van der Waals surface area contributed by atoms with Crippen LogP contribution >= 0.6 is 12.0 Å². The van der Waals surface area contributed by atoms with Gasteiger partial charge in [-0.3, -0.25) is 13.9 Å². The molecular weight excluding hydrogens is 494 g/mol. The number of carbonyl (C=O) groups is 1. The lowest BCUT2D eigenvalue weighted by Gasteiger charge is -2.14.